The van der Waals surface area contributed by atoms with Crippen LogP contribution in [0.4, 0.5) is 11.5 Å². The number of para-hydroxylation sites is 1. The fourth-order valence-electron chi connectivity index (χ4n) is 3.24. The number of hydrogen-bond donors (Lipinski definition) is 2. The quantitative estimate of drug-likeness (QED) is 0.803. The smallest absolute Gasteiger partial charge is 0.252 e. The molecule has 2 N–H and O–H groups in total. The van der Waals surface area contributed by atoms with Gasteiger partial charge in [-0.2, -0.15) is 0 Å². The molecule has 3 rings (SSSR count). The Bertz CT molecular complexity index is 778. The number of carbonyl (C=O) groups is 1. The summed E-state index contributed by atoms with van der Waals surface area (Å²) < 4.78 is 5.33. The number of carbonyl (C=O) groups excluding carboxylic acids is 1. The van der Waals surface area contributed by atoms with Gasteiger partial charge in [0.25, 0.3) is 5.91 Å². The Morgan fingerprint density at radius 1 is 1.14 bits per heavy atom. The SMILES string of the molecule is CC(C)(C)c1ccccc1Nc1ccc(C(=O)NCCN2CCOCC2)cn1. The Morgan fingerprint density at radius 3 is 2.57 bits per heavy atom. The number of benzene rings is 1. The molecule has 0 spiro atoms. The molecule has 1 aliphatic rings. The maximum atomic E-state index is 12.3. The average Bonchev–Trinajstić information content (AvgIpc) is 2.69. The molecule has 0 saturated carbocycles. The molecule has 2 heterocycles. The highest BCUT2D eigenvalue weighted by molar-refractivity contribution is 5.94. The summed E-state index contributed by atoms with van der Waals surface area (Å²) in [5.41, 5.74) is 2.85. The van der Waals surface area contributed by atoms with Gasteiger partial charge in [-0.15, -0.1) is 0 Å². The van der Waals surface area contributed by atoms with Gasteiger partial charge in [0.05, 0.1) is 18.8 Å². The number of aromatic nitrogens is 1. The second kappa shape index (κ2) is 9.17. The second-order valence-corrected chi connectivity index (χ2v) is 8.06. The van der Waals surface area contributed by atoms with E-state index in [0.717, 1.165) is 44.4 Å². The molecule has 0 aliphatic carbocycles. The van der Waals surface area contributed by atoms with Crippen molar-refractivity contribution in [2.24, 2.45) is 0 Å². The van der Waals surface area contributed by atoms with Crippen molar-refractivity contribution in [1.82, 2.24) is 15.2 Å². The van der Waals surface area contributed by atoms with Crippen LogP contribution in [0.3, 0.4) is 0 Å². The number of pyridine rings is 1. The molecule has 0 radical (unpaired) electrons. The molecule has 6 nitrogen and oxygen atoms in total. The third-order valence-electron chi connectivity index (χ3n) is 4.84. The third kappa shape index (κ3) is 5.53. The summed E-state index contributed by atoms with van der Waals surface area (Å²) in [4.78, 5) is 19.0. The van der Waals surface area contributed by atoms with Crippen LogP contribution in [-0.2, 0) is 10.2 Å². The zero-order chi connectivity index (χ0) is 20.0. The van der Waals surface area contributed by atoms with Gasteiger partial charge in [0.1, 0.15) is 5.82 Å². The van der Waals surface area contributed by atoms with Gasteiger partial charge < -0.3 is 15.4 Å². The summed E-state index contributed by atoms with van der Waals surface area (Å²) in [7, 11) is 0. The minimum absolute atomic E-state index is 0.0316. The molecule has 6 heteroatoms. The van der Waals surface area contributed by atoms with Crippen LogP contribution >= 0.6 is 0 Å². The van der Waals surface area contributed by atoms with Crippen LogP contribution in [-0.4, -0.2) is 55.2 Å². The molecular formula is C22H30N4O2. The van der Waals surface area contributed by atoms with E-state index in [4.69, 9.17) is 4.74 Å². The molecule has 28 heavy (non-hydrogen) atoms. The van der Waals surface area contributed by atoms with E-state index in [1.165, 1.54) is 5.56 Å². The minimum atomic E-state index is -0.0950. The minimum Gasteiger partial charge on any atom is -0.379 e. The molecule has 1 aromatic heterocycles. The summed E-state index contributed by atoms with van der Waals surface area (Å²) in [6.45, 7) is 11.4. The van der Waals surface area contributed by atoms with E-state index in [0.29, 0.717) is 12.1 Å². The topological polar surface area (TPSA) is 66.5 Å². The highest BCUT2D eigenvalue weighted by Crippen LogP contribution is 2.30. The van der Waals surface area contributed by atoms with E-state index in [9.17, 15) is 4.79 Å². The van der Waals surface area contributed by atoms with E-state index in [1.54, 1.807) is 12.3 Å². The Balaban J connectivity index is 1.55. The van der Waals surface area contributed by atoms with Gasteiger partial charge in [0.15, 0.2) is 0 Å². The van der Waals surface area contributed by atoms with E-state index >= 15 is 0 Å². The summed E-state index contributed by atoms with van der Waals surface area (Å²) in [6.07, 6.45) is 1.62. The van der Waals surface area contributed by atoms with E-state index in [1.807, 2.05) is 18.2 Å². The maximum absolute atomic E-state index is 12.3. The maximum Gasteiger partial charge on any atom is 0.252 e. The number of amides is 1. The summed E-state index contributed by atoms with van der Waals surface area (Å²) in [6, 6.07) is 11.9. The Hall–Kier alpha value is -2.44. The molecular weight excluding hydrogens is 352 g/mol. The Kier molecular flexibility index (Phi) is 6.65. The lowest BCUT2D eigenvalue weighted by molar-refractivity contribution is 0.0383. The molecule has 1 amide bonds. The van der Waals surface area contributed by atoms with Crippen LogP contribution < -0.4 is 10.6 Å². The molecule has 0 atom stereocenters. The highest BCUT2D eigenvalue weighted by atomic mass is 16.5. The lowest BCUT2D eigenvalue weighted by Gasteiger charge is -2.26. The molecule has 1 aliphatic heterocycles. The predicted octanol–water partition coefficient (Wildman–Crippen LogP) is 3.18. The van der Waals surface area contributed by atoms with Crippen molar-refractivity contribution < 1.29 is 9.53 Å². The largest absolute Gasteiger partial charge is 0.379 e. The lowest BCUT2D eigenvalue weighted by atomic mass is 9.86. The summed E-state index contributed by atoms with van der Waals surface area (Å²) in [5, 5.41) is 6.33. The molecule has 0 bridgehead atoms. The summed E-state index contributed by atoms with van der Waals surface area (Å²) >= 11 is 0. The van der Waals surface area contributed by atoms with E-state index in [-0.39, 0.29) is 11.3 Å². The first-order chi connectivity index (χ1) is 13.4. The van der Waals surface area contributed by atoms with Crippen molar-refractivity contribution in [2.75, 3.05) is 44.7 Å². The normalized spacial score (nSPS) is 15.2. The van der Waals surface area contributed by atoms with Crippen LogP contribution in [0.2, 0.25) is 0 Å². The van der Waals surface area contributed by atoms with Crippen molar-refractivity contribution in [1.29, 1.82) is 0 Å². The number of ether oxygens (including phenoxy) is 1. The van der Waals surface area contributed by atoms with Crippen LogP contribution in [0.25, 0.3) is 0 Å². The second-order valence-electron chi connectivity index (χ2n) is 8.06. The molecule has 1 saturated heterocycles. The van der Waals surface area contributed by atoms with Gasteiger partial charge in [-0.1, -0.05) is 39.0 Å². The van der Waals surface area contributed by atoms with Gasteiger partial charge >= 0.3 is 0 Å². The fourth-order valence-corrected chi connectivity index (χ4v) is 3.24. The number of nitrogens with zero attached hydrogens (tertiary/aromatic N) is 2. The standard InChI is InChI=1S/C22H30N4O2/c1-22(2,3)18-6-4-5-7-19(18)25-20-9-8-17(16-24-20)21(27)23-10-11-26-12-14-28-15-13-26/h4-9,16H,10-15H2,1-3H3,(H,23,27)(H,24,25). The fraction of sp³-hybridized carbons (Fsp3) is 0.455. The van der Waals surface area contributed by atoms with Crippen molar-refractivity contribution in [2.45, 2.75) is 26.2 Å². The number of morpholine rings is 1. The average molecular weight is 383 g/mol. The predicted molar refractivity (Wildman–Crippen MR) is 112 cm³/mol. The molecule has 0 unspecified atom stereocenters. The van der Waals surface area contributed by atoms with Crippen LogP contribution in [0, 0.1) is 0 Å². The lowest BCUT2D eigenvalue weighted by Crippen LogP contribution is -2.41. The van der Waals surface area contributed by atoms with Crippen molar-refractivity contribution in [3.63, 3.8) is 0 Å². The zero-order valence-electron chi connectivity index (χ0n) is 17.0. The number of hydrogen-bond acceptors (Lipinski definition) is 5. The molecule has 1 fully saturated rings. The van der Waals surface area contributed by atoms with E-state index < -0.39 is 0 Å². The van der Waals surface area contributed by atoms with Crippen LogP contribution in [0.1, 0.15) is 36.7 Å². The van der Waals surface area contributed by atoms with Gasteiger partial charge in [-0.25, -0.2) is 4.98 Å². The number of nitrogens with one attached hydrogen (secondary N) is 2. The zero-order valence-corrected chi connectivity index (χ0v) is 17.0. The first-order valence-corrected chi connectivity index (χ1v) is 9.84. The monoisotopic (exact) mass is 382 g/mol. The van der Waals surface area contributed by atoms with Gasteiger partial charge in [-0.05, 0) is 29.2 Å². The Labute approximate surface area is 167 Å². The number of rotatable bonds is 6. The number of anilines is 2. The van der Waals surface area contributed by atoms with Gasteiger partial charge in [0, 0.05) is 38.1 Å². The van der Waals surface area contributed by atoms with Crippen molar-refractivity contribution in [3.05, 3.63) is 53.7 Å². The van der Waals surface area contributed by atoms with Gasteiger partial charge in [0.2, 0.25) is 0 Å². The molecule has 1 aromatic carbocycles. The third-order valence-corrected chi connectivity index (χ3v) is 4.84. The van der Waals surface area contributed by atoms with Crippen molar-refractivity contribution >= 4 is 17.4 Å². The van der Waals surface area contributed by atoms with Crippen molar-refractivity contribution in [3.8, 4) is 0 Å². The summed E-state index contributed by atoms with van der Waals surface area (Å²) in [5.74, 6) is 0.629. The first-order valence-electron chi connectivity index (χ1n) is 9.84. The first kappa shape index (κ1) is 20.3. The van der Waals surface area contributed by atoms with Gasteiger partial charge in [-0.3, -0.25) is 9.69 Å². The molecule has 150 valence electrons. The highest BCUT2D eigenvalue weighted by Gasteiger charge is 2.17. The molecule has 2 aromatic rings. The van der Waals surface area contributed by atoms with E-state index in [2.05, 4.69) is 53.4 Å². The Morgan fingerprint density at radius 2 is 1.89 bits per heavy atom. The van der Waals surface area contributed by atoms with Crippen LogP contribution in [0.5, 0.6) is 0 Å². The van der Waals surface area contributed by atoms with Crippen LogP contribution in [0.15, 0.2) is 42.6 Å².